The van der Waals surface area contributed by atoms with Gasteiger partial charge in [-0.2, -0.15) is 0 Å². The van der Waals surface area contributed by atoms with Gasteiger partial charge < -0.3 is 4.57 Å². The van der Waals surface area contributed by atoms with Gasteiger partial charge in [-0.25, -0.2) is 0 Å². The van der Waals surface area contributed by atoms with E-state index in [-0.39, 0.29) is 0 Å². The molecule has 0 radical (unpaired) electrons. The lowest BCUT2D eigenvalue weighted by molar-refractivity contribution is -0.104. The van der Waals surface area contributed by atoms with Crippen LogP contribution in [0.25, 0.3) is 0 Å². The Bertz CT molecular complexity index is 302. The summed E-state index contributed by atoms with van der Waals surface area (Å²) >= 11 is 0. The summed E-state index contributed by atoms with van der Waals surface area (Å²) in [7, 11) is 0. The zero-order chi connectivity index (χ0) is 9.68. The molecule has 13 heavy (non-hydrogen) atoms. The normalized spacial score (nSPS) is 9.92. The van der Waals surface area contributed by atoms with Gasteiger partial charge in [0.25, 0.3) is 0 Å². The van der Waals surface area contributed by atoms with Gasteiger partial charge in [0.15, 0.2) is 6.29 Å². The first-order valence-electron chi connectivity index (χ1n) is 4.44. The largest absolute Gasteiger partial charge is 0.345 e. The van der Waals surface area contributed by atoms with Gasteiger partial charge in [-0.15, -0.1) is 0 Å². The fraction of sp³-hybridized carbons (Fsp3) is 0.400. The molecule has 1 rings (SSSR count). The van der Waals surface area contributed by atoms with Gasteiger partial charge in [-0.1, -0.05) is 13.3 Å². The first-order chi connectivity index (χ1) is 6.29. The highest BCUT2D eigenvalue weighted by Gasteiger charge is 2.08. The lowest BCUT2D eigenvalue weighted by Gasteiger charge is -2.04. The van der Waals surface area contributed by atoms with E-state index in [4.69, 9.17) is 0 Å². The summed E-state index contributed by atoms with van der Waals surface area (Å²) in [5, 5.41) is 0. The van der Waals surface area contributed by atoms with E-state index in [1.807, 2.05) is 10.8 Å². The van der Waals surface area contributed by atoms with Gasteiger partial charge >= 0.3 is 0 Å². The second kappa shape index (κ2) is 4.60. The zero-order valence-electron chi connectivity index (χ0n) is 7.69. The third-order valence-electron chi connectivity index (χ3n) is 1.94. The molecule has 0 unspecified atom stereocenters. The summed E-state index contributed by atoms with van der Waals surface area (Å²) in [5.74, 6) is -0.443. The molecule has 0 aliphatic rings. The van der Waals surface area contributed by atoms with Crippen LogP contribution in [0.1, 0.15) is 30.3 Å². The van der Waals surface area contributed by atoms with E-state index < -0.39 is 5.78 Å². The summed E-state index contributed by atoms with van der Waals surface area (Å²) in [6, 6.07) is 3.46. The van der Waals surface area contributed by atoms with Crippen molar-refractivity contribution in [1.29, 1.82) is 0 Å². The molecule has 0 aliphatic carbocycles. The molecule has 0 saturated carbocycles. The smallest absolute Gasteiger partial charge is 0.241 e. The summed E-state index contributed by atoms with van der Waals surface area (Å²) in [6.45, 7) is 2.89. The summed E-state index contributed by atoms with van der Waals surface area (Å²) in [6.07, 6.45) is 4.28. The number of carbonyl (C=O) groups excluding carboxylic acids is 2. The predicted molar refractivity (Wildman–Crippen MR) is 49.7 cm³/mol. The molecule has 0 amide bonds. The number of hydrogen-bond donors (Lipinski definition) is 0. The number of unbranched alkanes of at least 4 members (excludes halogenated alkanes) is 1. The molecule has 3 heteroatoms. The third-order valence-corrected chi connectivity index (χ3v) is 1.94. The van der Waals surface area contributed by atoms with E-state index in [0.29, 0.717) is 12.0 Å². The monoisotopic (exact) mass is 179 g/mol. The Morgan fingerprint density at radius 1 is 1.62 bits per heavy atom. The van der Waals surface area contributed by atoms with Crippen molar-refractivity contribution in [1.82, 2.24) is 4.57 Å². The van der Waals surface area contributed by atoms with E-state index in [0.717, 1.165) is 19.4 Å². The van der Waals surface area contributed by atoms with Crippen molar-refractivity contribution >= 4 is 12.1 Å². The molecular weight excluding hydrogens is 166 g/mol. The summed E-state index contributed by atoms with van der Waals surface area (Å²) in [4.78, 5) is 21.3. The van der Waals surface area contributed by atoms with Crippen molar-refractivity contribution in [3.63, 3.8) is 0 Å². The van der Waals surface area contributed by atoms with Crippen LogP contribution in [0.15, 0.2) is 18.3 Å². The maximum Gasteiger partial charge on any atom is 0.241 e. The highest BCUT2D eigenvalue weighted by atomic mass is 16.2. The second-order valence-corrected chi connectivity index (χ2v) is 2.92. The van der Waals surface area contributed by atoms with Crippen LogP contribution in [0, 0.1) is 0 Å². The Morgan fingerprint density at radius 2 is 2.38 bits per heavy atom. The average Bonchev–Trinajstić information content (AvgIpc) is 2.61. The number of aromatic nitrogens is 1. The van der Waals surface area contributed by atoms with E-state index in [9.17, 15) is 9.59 Å². The number of Topliss-reactive ketones (excluding diaryl/α,β-unsaturated/α-hetero) is 1. The maximum absolute atomic E-state index is 11.1. The van der Waals surface area contributed by atoms with Crippen molar-refractivity contribution in [2.24, 2.45) is 0 Å². The van der Waals surface area contributed by atoms with E-state index in [1.165, 1.54) is 0 Å². The number of hydrogen-bond acceptors (Lipinski definition) is 2. The lowest BCUT2D eigenvalue weighted by Crippen LogP contribution is -2.09. The first kappa shape index (κ1) is 9.71. The number of nitrogens with zero attached hydrogens (tertiary/aromatic N) is 1. The maximum atomic E-state index is 11.1. The standard InChI is InChI=1S/C10H13NO2/c1-2-3-6-11-7-4-5-9(11)10(13)8-12/h4-5,7-8H,2-3,6H2,1H3. The van der Waals surface area contributed by atoms with Crippen molar-refractivity contribution in [3.05, 3.63) is 24.0 Å². The molecule has 0 fully saturated rings. The Balaban J connectivity index is 2.76. The van der Waals surface area contributed by atoms with Crippen molar-refractivity contribution in [2.45, 2.75) is 26.3 Å². The minimum Gasteiger partial charge on any atom is -0.345 e. The summed E-state index contributed by atoms with van der Waals surface area (Å²) in [5.41, 5.74) is 0.489. The van der Waals surface area contributed by atoms with Gasteiger partial charge in [0, 0.05) is 12.7 Å². The zero-order valence-corrected chi connectivity index (χ0v) is 7.69. The number of rotatable bonds is 5. The Morgan fingerprint density at radius 3 is 3.00 bits per heavy atom. The average molecular weight is 179 g/mol. The molecule has 3 nitrogen and oxygen atoms in total. The fourth-order valence-electron chi connectivity index (χ4n) is 1.22. The van der Waals surface area contributed by atoms with Gasteiger partial charge in [-0.3, -0.25) is 9.59 Å². The number of aryl methyl sites for hydroxylation is 1. The van der Waals surface area contributed by atoms with Crippen LogP contribution in [-0.2, 0) is 11.3 Å². The van der Waals surface area contributed by atoms with Crippen molar-refractivity contribution in [2.75, 3.05) is 0 Å². The van der Waals surface area contributed by atoms with Crippen molar-refractivity contribution < 1.29 is 9.59 Å². The van der Waals surface area contributed by atoms with Crippen LogP contribution in [0.5, 0.6) is 0 Å². The number of carbonyl (C=O) groups is 2. The van der Waals surface area contributed by atoms with E-state index in [1.54, 1.807) is 12.1 Å². The summed E-state index contributed by atoms with van der Waals surface area (Å²) < 4.78 is 1.82. The molecular formula is C10H13NO2. The van der Waals surface area contributed by atoms with Gasteiger partial charge in [-0.05, 0) is 18.6 Å². The Labute approximate surface area is 77.4 Å². The van der Waals surface area contributed by atoms with Gasteiger partial charge in [0.2, 0.25) is 5.78 Å². The minimum absolute atomic E-state index is 0.359. The highest BCUT2D eigenvalue weighted by molar-refractivity contribution is 6.32. The molecule has 0 N–H and O–H groups in total. The molecule has 70 valence electrons. The Kier molecular flexibility index (Phi) is 3.43. The molecule has 0 bridgehead atoms. The lowest BCUT2D eigenvalue weighted by atomic mass is 10.3. The predicted octanol–water partition coefficient (Wildman–Crippen LogP) is 1.67. The molecule has 1 aromatic rings. The number of aldehydes is 1. The SMILES string of the molecule is CCCCn1cccc1C(=O)C=O. The molecule has 0 aliphatic heterocycles. The molecule has 0 aromatic carbocycles. The fourth-order valence-corrected chi connectivity index (χ4v) is 1.22. The van der Waals surface area contributed by atoms with E-state index in [2.05, 4.69) is 6.92 Å². The third kappa shape index (κ3) is 2.28. The van der Waals surface area contributed by atoms with Crippen LogP contribution < -0.4 is 0 Å². The minimum atomic E-state index is -0.443. The Hall–Kier alpha value is -1.38. The van der Waals surface area contributed by atoms with Crippen molar-refractivity contribution in [3.8, 4) is 0 Å². The van der Waals surface area contributed by atoms with Crippen LogP contribution in [-0.4, -0.2) is 16.6 Å². The van der Waals surface area contributed by atoms with E-state index >= 15 is 0 Å². The number of ketones is 1. The van der Waals surface area contributed by atoms with Gasteiger partial charge in [0.1, 0.15) is 0 Å². The highest BCUT2D eigenvalue weighted by Crippen LogP contribution is 2.04. The first-order valence-corrected chi connectivity index (χ1v) is 4.44. The topological polar surface area (TPSA) is 39.1 Å². The van der Waals surface area contributed by atoms with Crippen LogP contribution in [0.4, 0.5) is 0 Å². The molecule has 0 atom stereocenters. The molecule has 1 heterocycles. The van der Waals surface area contributed by atoms with Gasteiger partial charge in [0.05, 0.1) is 5.69 Å². The van der Waals surface area contributed by atoms with Crippen LogP contribution in [0.2, 0.25) is 0 Å². The molecule has 0 spiro atoms. The quantitative estimate of drug-likeness (QED) is 0.392. The molecule has 1 aromatic heterocycles. The molecule has 0 saturated heterocycles. The van der Waals surface area contributed by atoms with Crippen LogP contribution >= 0.6 is 0 Å². The second-order valence-electron chi connectivity index (χ2n) is 2.92. The van der Waals surface area contributed by atoms with Crippen LogP contribution in [0.3, 0.4) is 0 Å².